The number of fused-ring (bicyclic) bond motifs is 1. The molecule has 2 N–H and O–H groups in total. The van der Waals surface area contributed by atoms with Crippen LogP contribution in [0.15, 0.2) is 42.0 Å². The molecule has 0 radical (unpaired) electrons. The Morgan fingerprint density at radius 2 is 2.06 bits per heavy atom. The highest BCUT2D eigenvalue weighted by Gasteiger charge is 2.38. The van der Waals surface area contributed by atoms with E-state index in [2.05, 4.69) is 43.5 Å². The van der Waals surface area contributed by atoms with Crippen molar-refractivity contribution in [2.45, 2.75) is 32.1 Å². The van der Waals surface area contributed by atoms with Gasteiger partial charge in [0.25, 0.3) is 0 Å². The number of hydrogen-bond donors (Lipinski definition) is 2. The van der Waals surface area contributed by atoms with Gasteiger partial charge in [-0.05, 0) is 42.5 Å². The number of anilines is 1. The van der Waals surface area contributed by atoms with E-state index in [0.717, 1.165) is 26.1 Å². The standard InChI is InChI=1S/C19H20FN5S.C2HF3O2/c1-13(25-7-5-17-15(11-25)6-8-26-17)10-21-19-23-12-22-18(24-19)14-3-2-4-16(20)9-14;3-2(4,5)1(6)7/h2-4,6,8-9,12-13H,5,7,10-11H2,1H3,(H,21,22,23,24);(H,6,7). The van der Waals surface area contributed by atoms with Crippen molar-refractivity contribution >= 4 is 23.3 Å². The fourth-order valence-electron chi connectivity index (χ4n) is 3.16. The highest BCUT2D eigenvalue weighted by atomic mass is 32.1. The van der Waals surface area contributed by atoms with E-state index in [-0.39, 0.29) is 5.82 Å². The molecule has 33 heavy (non-hydrogen) atoms. The molecule has 0 bridgehead atoms. The van der Waals surface area contributed by atoms with E-state index in [0.29, 0.717) is 23.4 Å². The zero-order valence-electron chi connectivity index (χ0n) is 17.5. The zero-order valence-corrected chi connectivity index (χ0v) is 18.3. The van der Waals surface area contributed by atoms with Gasteiger partial charge < -0.3 is 10.4 Å². The first kappa shape index (κ1) is 24.5. The smallest absolute Gasteiger partial charge is 0.475 e. The lowest BCUT2D eigenvalue weighted by molar-refractivity contribution is -0.192. The molecule has 4 rings (SSSR count). The summed E-state index contributed by atoms with van der Waals surface area (Å²) in [7, 11) is 0. The third kappa shape index (κ3) is 6.93. The summed E-state index contributed by atoms with van der Waals surface area (Å²) in [5, 5.41) is 12.6. The van der Waals surface area contributed by atoms with Crippen LogP contribution in [0.5, 0.6) is 0 Å². The van der Waals surface area contributed by atoms with Gasteiger partial charge in [-0.2, -0.15) is 18.2 Å². The number of aromatic nitrogens is 3. The molecule has 1 aromatic carbocycles. The van der Waals surface area contributed by atoms with Crippen LogP contribution in [0.1, 0.15) is 17.4 Å². The van der Waals surface area contributed by atoms with E-state index in [1.807, 2.05) is 11.3 Å². The second-order valence-corrected chi connectivity index (χ2v) is 8.27. The van der Waals surface area contributed by atoms with Crippen molar-refractivity contribution in [3.05, 3.63) is 58.3 Å². The minimum absolute atomic E-state index is 0.302. The Bertz CT molecular complexity index is 1090. The monoisotopic (exact) mass is 483 g/mol. The van der Waals surface area contributed by atoms with Gasteiger partial charge in [0.05, 0.1) is 0 Å². The predicted octanol–water partition coefficient (Wildman–Crippen LogP) is 4.23. The number of hydrogen-bond acceptors (Lipinski definition) is 7. The minimum atomic E-state index is -5.08. The lowest BCUT2D eigenvalue weighted by atomic mass is 10.1. The maximum Gasteiger partial charge on any atom is 0.490 e. The molecule has 2 aromatic heterocycles. The van der Waals surface area contributed by atoms with Crippen molar-refractivity contribution in [1.29, 1.82) is 0 Å². The molecule has 0 amide bonds. The first-order valence-electron chi connectivity index (χ1n) is 9.91. The van der Waals surface area contributed by atoms with E-state index < -0.39 is 12.1 Å². The first-order chi connectivity index (χ1) is 15.6. The SMILES string of the molecule is CC(CNc1ncnc(-c2cccc(F)c2)n1)N1CCc2sccc2C1.O=C(O)C(F)(F)F. The number of alkyl halides is 3. The quantitative estimate of drug-likeness (QED) is 0.525. The lowest BCUT2D eigenvalue weighted by Crippen LogP contribution is -2.41. The Kier molecular flexibility index (Phi) is 7.92. The number of carboxylic acid groups (broad SMARTS) is 1. The van der Waals surface area contributed by atoms with Crippen molar-refractivity contribution in [2.75, 3.05) is 18.4 Å². The van der Waals surface area contributed by atoms with Crippen molar-refractivity contribution in [3.8, 4) is 11.4 Å². The molecule has 1 aliphatic heterocycles. The number of benzene rings is 1. The normalized spacial score (nSPS) is 14.6. The Morgan fingerprint density at radius 1 is 1.30 bits per heavy atom. The molecule has 0 aliphatic carbocycles. The summed E-state index contributed by atoms with van der Waals surface area (Å²) in [4.78, 5) is 25.6. The van der Waals surface area contributed by atoms with Crippen molar-refractivity contribution in [2.24, 2.45) is 0 Å². The topological polar surface area (TPSA) is 91.2 Å². The average molecular weight is 483 g/mol. The molecule has 3 aromatic rings. The van der Waals surface area contributed by atoms with Crippen LogP contribution in [-0.2, 0) is 17.8 Å². The fraction of sp³-hybridized carbons (Fsp3) is 0.333. The second-order valence-electron chi connectivity index (χ2n) is 7.27. The summed E-state index contributed by atoms with van der Waals surface area (Å²) in [6.45, 7) is 5.01. The van der Waals surface area contributed by atoms with Crippen molar-refractivity contribution < 1.29 is 27.5 Å². The summed E-state index contributed by atoms with van der Waals surface area (Å²) in [5.41, 5.74) is 2.09. The van der Waals surface area contributed by atoms with E-state index in [1.54, 1.807) is 12.1 Å². The molecule has 1 atom stereocenters. The number of nitrogens with zero attached hydrogens (tertiary/aromatic N) is 4. The third-order valence-electron chi connectivity index (χ3n) is 4.91. The van der Waals surface area contributed by atoms with Gasteiger partial charge in [-0.1, -0.05) is 12.1 Å². The second kappa shape index (κ2) is 10.7. The molecule has 0 saturated heterocycles. The van der Waals surface area contributed by atoms with Gasteiger partial charge in [-0.25, -0.2) is 19.2 Å². The molecule has 0 saturated carbocycles. The summed E-state index contributed by atoms with van der Waals surface area (Å²) in [6, 6.07) is 8.85. The molecule has 0 fully saturated rings. The van der Waals surface area contributed by atoms with Crippen LogP contribution < -0.4 is 5.32 Å². The number of halogens is 4. The van der Waals surface area contributed by atoms with Crippen LogP contribution >= 0.6 is 11.3 Å². The first-order valence-corrected chi connectivity index (χ1v) is 10.8. The lowest BCUT2D eigenvalue weighted by Gasteiger charge is -2.32. The molecule has 3 heterocycles. The maximum absolute atomic E-state index is 13.4. The molecule has 176 valence electrons. The van der Waals surface area contributed by atoms with Crippen LogP contribution in [0.25, 0.3) is 11.4 Å². The average Bonchev–Trinajstić information content (AvgIpc) is 3.25. The Balaban J connectivity index is 0.000000383. The van der Waals surface area contributed by atoms with E-state index >= 15 is 0 Å². The molecule has 1 unspecified atom stereocenters. The van der Waals surface area contributed by atoms with E-state index in [1.165, 1.54) is 28.9 Å². The number of carbonyl (C=O) groups is 1. The Hall–Kier alpha value is -3.12. The largest absolute Gasteiger partial charge is 0.490 e. The number of thiophene rings is 1. The maximum atomic E-state index is 13.4. The van der Waals surface area contributed by atoms with Crippen LogP contribution in [-0.4, -0.2) is 56.2 Å². The Labute approximate surface area is 191 Å². The molecule has 0 spiro atoms. The van der Waals surface area contributed by atoms with Crippen LogP contribution in [0.4, 0.5) is 23.5 Å². The summed E-state index contributed by atoms with van der Waals surface area (Å²) >= 11 is 1.85. The van der Waals surface area contributed by atoms with Gasteiger partial charge >= 0.3 is 12.1 Å². The van der Waals surface area contributed by atoms with Crippen LogP contribution in [0.3, 0.4) is 0 Å². The predicted molar refractivity (Wildman–Crippen MR) is 115 cm³/mol. The van der Waals surface area contributed by atoms with Gasteiger partial charge in [0, 0.05) is 36.1 Å². The number of rotatable bonds is 5. The summed E-state index contributed by atoms with van der Waals surface area (Å²) in [5.74, 6) is -2.08. The van der Waals surface area contributed by atoms with Gasteiger partial charge in [0.1, 0.15) is 12.1 Å². The highest BCUT2D eigenvalue weighted by molar-refractivity contribution is 7.10. The molecule has 1 aliphatic rings. The highest BCUT2D eigenvalue weighted by Crippen LogP contribution is 2.25. The third-order valence-corrected chi connectivity index (χ3v) is 5.94. The van der Waals surface area contributed by atoms with Gasteiger partial charge in [-0.15, -0.1) is 11.3 Å². The number of carboxylic acids is 1. The van der Waals surface area contributed by atoms with Crippen molar-refractivity contribution in [1.82, 2.24) is 19.9 Å². The van der Waals surface area contributed by atoms with Gasteiger partial charge in [0.15, 0.2) is 5.82 Å². The van der Waals surface area contributed by atoms with Crippen LogP contribution in [0, 0.1) is 5.82 Å². The van der Waals surface area contributed by atoms with E-state index in [9.17, 15) is 17.6 Å². The van der Waals surface area contributed by atoms with Crippen molar-refractivity contribution in [3.63, 3.8) is 0 Å². The Morgan fingerprint density at radius 3 is 2.76 bits per heavy atom. The minimum Gasteiger partial charge on any atom is -0.475 e. The summed E-state index contributed by atoms with van der Waals surface area (Å²) in [6.07, 6.45) is -2.51. The molecule has 7 nitrogen and oxygen atoms in total. The van der Waals surface area contributed by atoms with E-state index in [4.69, 9.17) is 9.90 Å². The summed E-state index contributed by atoms with van der Waals surface area (Å²) < 4.78 is 45.1. The van der Waals surface area contributed by atoms with Gasteiger partial charge in [0.2, 0.25) is 5.95 Å². The number of aliphatic carboxylic acids is 1. The van der Waals surface area contributed by atoms with Gasteiger partial charge in [-0.3, -0.25) is 4.90 Å². The molecule has 12 heteroatoms. The fourth-order valence-corrected chi connectivity index (χ4v) is 4.05. The van der Waals surface area contributed by atoms with Crippen LogP contribution in [0.2, 0.25) is 0 Å². The molecular weight excluding hydrogens is 462 g/mol. The number of nitrogens with one attached hydrogen (secondary N) is 1. The molecular formula is C21H21F4N5O2S. The zero-order chi connectivity index (χ0) is 24.0.